The van der Waals surface area contributed by atoms with Gasteiger partial charge in [-0.1, -0.05) is 36.4 Å². The first-order chi connectivity index (χ1) is 16.5. The number of carbonyl (C=O) groups excluding carboxylic acids is 1. The molecule has 168 valence electrons. The molecule has 1 atom stereocenters. The number of rotatable bonds is 5. The predicted molar refractivity (Wildman–Crippen MR) is 126 cm³/mol. The number of aromatic nitrogens is 2. The minimum absolute atomic E-state index is 0.112. The molecule has 1 aliphatic heterocycles. The summed E-state index contributed by atoms with van der Waals surface area (Å²) in [4.78, 5) is 16.6. The number of ether oxygens (including phenoxy) is 2. The molecule has 4 aromatic rings. The number of carbonyl (C=O) groups is 1. The SMILES string of the molecule is [C-]#[N+]c1cccc(-n2nc(C)cc2C(=O)Nc2cccc(C(O)c3cccc4c3OCO4)c2)c1. The first-order valence-corrected chi connectivity index (χ1v) is 10.6. The van der Waals surface area contributed by atoms with Crippen molar-refractivity contribution in [2.75, 3.05) is 12.1 Å². The van der Waals surface area contributed by atoms with Gasteiger partial charge in [-0.15, -0.1) is 0 Å². The molecular weight excluding hydrogens is 432 g/mol. The monoisotopic (exact) mass is 452 g/mol. The van der Waals surface area contributed by atoms with Crippen LogP contribution in [0.2, 0.25) is 0 Å². The van der Waals surface area contributed by atoms with E-state index in [2.05, 4.69) is 15.3 Å². The summed E-state index contributed by atoms with van der Waals surface area (Å²) in [7, 11) is 0. The highest BCUT2D eigenvalue weighted by molar-refractivity contribution is 6.03. The molecule has 1 aromatic heterocycles. The quantitative estimate of drug-likeness (QED) is 0.425. The van der Waals surface area contributed by atoms with Crippen molar-refractivity contribution < 1.29 is 19.4 Å². The Morgan fingerprint density at radius 2 is 1.94 bits per heavy atom. The number of anilines is 1. The van der Waals surface area contributed by atoms with Gasteiger partial charge in [-0.05, 0) is 48.9 Å². The average Bonchev–Trinajstić information content (AvgIpc) is 3.50. The van der Waals surface area contributed by atoms with Gasteiger partial charge in [0, 0.05) is 11.3 Å². The van der Waals surface area contributed by atoms with Crippen LogP contribution in [0, 0.1) is 13.5 Å². The molecule has 1 unspecified atom stereocenters. The van der Waals surface area contributed by atoms with Gasteiger partial charge in [-0.25, -0.2) is 9.53 Å². The number of amides is 1. The molecule has 5 rings (SSSR count). The minimum atomic E-state index is -0.961. The molecule has 3 aromatic carbocycles. The van der Waals surface area contributed by atoms with E-state index in [0.717, 1.165) is 0 Å². The number of benzene rings is 3. The Kier molecular flexibility index (Phi) is 5.46. The van der Waals surface area contributed by atoms with E-state index >= 15 is 0 Å². The molecule has 2 N–H and O–H groups in total. The van der Waals surface area contributed by atoms with Crippen molar-refractivity contribution in [3.8, 4) is 17.2 Å². The Balaban J connectivity index is 1.42. The van der Waals surface area contributed by atoms with E-state index in [1.54, 1.807) is 79.7 Å². The lowest BCUT2D eigenvalue weighted by Crippen LogP contribution is -2.17. The molecule has 1 aliphatic rings. The van der Waals surface area contributed by atoms with Crippen molar-refractivity contribution in [1.29, 1.82) is 0 Å². The van der Waals surface area contributed by atoms with Gasteiger partial charge < -0.3 is 19.9 Å². The summed E-state index contributed by atoms with van der Waals surface area (Å²) in [6.45, 7) is 9.14. The molecule has 0 radical (unpaired) electrons. The average molecular weight is 452 g/mol. The summed E-state index contributed by atoms with van der Waals surface area (Å²) in [5.41, 5.74) is 3.78. The first kappa shape index (κ1) is 21.2. The number of fused-ring (bicyclic) bond motifs is 1. The fourth-order valence-corrected chi connectivity index (χ4v) is 3.88. The summed E-state index contributed by atoms with van der Waals surface area (Å²) < 4.78 is 12.4. The van der Waals surface area contributed by atoms with Gasteiger partial charge in [-0.3, -0.25) is 4.79 Å². The van der Waals surface area contributed by atoms with Gasteiger partial charge in [0.2, 0.25) is 6.79 Å². The Hall–Kier alpha value is -4.61. The summed E-state index contributed by atoms with van der Waals surface area (Å²) in [6, 6.07) is 21.0. The third-order valence-electron chi connectivity index (χ3n) is 5.45. The lowest BCUT2D eigenvalue weighted by molar-refractivity contribution is 0.101. The van der Waals surface area contributed by atoms with Crippen LogP contribution in [-0.4, -0.2) is 27.6 Å². The van der Waals surface area contributed by atoms with E-state index in [1.807, 2.05) is 0 Å². The van der Waals surface area contributed by atoms with Crippen LogP contribution in [0.25, 0.3) is 10.5 Å². The van der Waals surface area contributed by atoms with Crippen molar-refractivity contribution in [2.24, 2.45) is 0 Å². The number of nitrogens with zero attached hydrogens (tertiary/aromatic N) is 3. The topological polar surface area (TPSA) is 90.0 Å². The van der Waals surface area contributed by atoms with E-state index < -0.39 is 6.10 Å². The van der Waals surface area contributed by atoms with E-state index in [-0.39, 0.29) is 12.7 Å². The van der Waals surface area contributed by atoms with Crippen LogP contribution in [0.15, 0.2) is 72.8 Å². The smallest absolute Gasteiger partial charge is 0.274 e. The molecule has 2 heterocycles. The van der Waals surface area contributed by atoms with Crippen molar-refractivity contribution >= 4 is 17.3 Å². The Morgan fingerprint density at radius 3 is 2.79 bits per heavy atom. The summed E-state index contributed by atoms with van der Waals surface area (Å²) in [6.07, 6.45) is -0.961. The largest absolute Gasteiger partial charge is 0.454 e. The molecule has 0 bridgehead atoms. The Morgan fingerprint density at radius 1 is 1.12 bits per heavy atom. The number of aliphatic hydroxyl groups is 1. The van der Waals surface area contributed by atoms with E-state index in [4.69, 9.17) is 16.0 Å². The van der Waals surface area contributed by atoms with Crippen LogP contribution in [0.4, 0.5) is 11.4 Å². The Labute approximate surface area is 195 Å². The number of para-hydroxylation sites is 1. The van der Waals surface area contributed by atoms with Gasteiger partial charge >= 0.3 is 0 Å². The highest BCUT2D eigenvalue weighted by Crippen LogP contribution is 2.40. The van der Waals surface area contributed by atoms with Crippen molar-refractivity contribution in [1.82, 2.24) is 9.78 Å². The van der Waals surface area contributed by atoms with Crippen LogP contribution in [-0.2, 0) is 0 Å². The molecule has 0 saturated heterocycles. The van der Waals surface area contributed by atoms with Crippen LogP contribution in [0.1, 0.15) is 33.4 Å². The normalized spacial score (nSPS) is 12.7. The molecule has 0 fully saturated rings. The van der Waals surface area contributed by atoms with E-state index in [1.165, 1.54) is 4.68 Å². The van der Waals surface area contributed by atoms with Crippen molar-refractivity contribution in [3.05, 3.63) is 107 Å². The lowest BCUT2D eigenvalue weighted by Gasteiger charge is -2.15. The van der Waals surface area contributed by atoms with Gasteiger partial charge in [0.05, 0.1) is 18.0 Å². The second-order valence-corrected chi connectivity index (χ2v) is 7.78. The number of hydrogen-bond donors (Lipinski definition) is 2. The second kappa shape index (κ2) is 8.73. The van der Waals surface area contributed by atoms with Crippen LogP contribution < -0.4 is 14.8 Å². The maximum absolute atomic E-state index is 13.1. The summed E-state index contributed by atoms with van der Waals surface area (Å²) >= 11 is 0. The number of aliphatic hydroxyl groups excluding tert-OH is 1. The fraction of sp³-hybridized carbons (Fsp3) is 0.115. The molecule has 8 heteroatoms. The molecule has 1 amide bonds. The van der Waals surface area contributed by atoms with Gasteiger partial charge in [0.25, 0.3) is 5.91 Å². The maximum Gasteiger partial charge on any atom is 0.274 e. The van der Waals surface area contributed by atoms with Gasteiger partial charge in [0.15, 0.2) is 17.2 Å². The van der Waals surface area contributed by atoms with Crippen molar-refractivity contribution in [2.45, 2.75) is 13.0 Å². The first-order valence-electron chi connectivity index (χ1n) is 10.6. The highest BCUT2D eigenvalue weighted by atomic mass is 16.7. The van der Waals surface area contributed by atoms with Gasteiger partial charge in [0.1, 0.15) is 11.8 Å². The predicted octanol–water partition coefficient (Wildman–Crippen LogP) is 4.79. The lowest BCUT2D eigenvalue weighted by atomic mass is 10.00. The summed E-state index contributed by atoms with van der Waals surface area (Å²) in [5, 5.41) is 18.3. The van der Waals surface area contributed by atoms with E-state index in [0.29, 0.717) is 51.1 Å². The number of nitrogens with one attached hydrogen (secondary N) is 1. The molecular formula is C26H20N4O4. The zero-order chi connectivity index (χ0) is 23.7. The zero-order valence-corrected chi connectivity index (χ0v) is 18.2. The third-order valence-corrected chi connectivity index (χ3v) is 5.45. The highest BCUT2D eigenvalue weighted by Gasteiger charge is 2.23. The maximum atomic E-state index is 13.1. The molecule has 0 aliphatic carbocycles. The number of aryl methyl sites for hydroxylation is 1. The zero-order valence-electron chi connectivity index (χ0n) is 18.2. The Bertz CT molecular complexity index is 1440. The summed E-state index contributed by atoms with van der Waals surface area (Å²) in [5.74, 6) is 0.746. The minimum Gasteiger partial charge on any atom is -0.454 e. The molecule has 8 nitrogen and oxygen atoms in total. The van der Waals surface area contributed by atoms with Gasteiger partial charge in [-0.2, -0.15) is 5.10 Å². The molecule has 0 saturated carbocycles. The standard InChI is InChI=1S/C26H20N4O4/c1-16-12-22(30(29-16)20-9-4-7-18(14-20)27-2)26(32)28-19-8-3-6-17(13-19)24(31)21-10-5-11-23-25(21)34-15-33-23/h3-14,24,31H,15H2,1H3,(H,28,32). The van der Waals surface area contributed by atoms with Crippen LogP contribution in [0.3, 0.4) is 0 Å². The molecule has 0 spiro atoms. The third kappa shape index (κ3) is 3.96. The fourth-order valence-electron chi connectivity index (χ4n) is 3.88. The van der Waals surface area contributed by atoms with Crippen LogP contribution in [0.5, 0.6) is 11.5 Å². The van der Waals surface area contributed by atoms with E-state index in [9.17, 15) is 9.90 Å². The van der Waals surface area contributed by atoms with Crippen molar-refractivity contribution in [3.63, 3.8) is 0 Å². The second-order valence-electron chi connectivity index (χ2n) is 7.78. The number of hydrogen-bond acceptors (Lipinski definition) is 5. The van der Waals surface area contributed by atoms with Crippen LogP contribution >= 0.6 is 0 Å². The molecule has 34 heavy (non-hydrogen) atoms.